The molecular weight excluding hydrogens is 569 g/mol. The standard InChI is InChI=1S/C39H44BN3O3/c1-24(2)28-21-35(25(3)36(44)22-28)43-20-10-15-34(43)37-41-23-33(42-37)27-18-16-26(17-19-27)29-11-8-13-31-30(29)12-9-14-32(31)40-45-38(4,5)39(6,7)46-40/h8-9,11-14,16-19,23,28,34H,1,10,15,20-22H2,2-7H3,(H,41,42). The number of rotatable bonds is 6. The van der Waals surface area contributed by atoms with Crippen LogP contribution < -0.4 is 5.46 Å². The molecular formula is C39H44BN3O3. The highest BCUT2D eigenvalue weighted by atomic mass is 16.7. The lowest BCUT2D eigenvalue weighted by atomic mass is 9.75. The van der Waals surface area contributed by atoms with Crippen LogP contribution in [0.4, 0.5) is 0 Å². The van der Waals surface area contributed by atoms with Gasteiger partial charge < -0.3 is 19.2 Å². The molecule has 1 aromatic heterocycles. The minimum Gasteiger partial charge on any atom is -0.399 e. The van der Waals surface area contributed by atoms with Crippen LogP contribution in [-0.4, -0.2) is 45.5 Å². The quantitative estimate of drug-likeness (QED) is 0.176. The molecule has 1 N–H and O–H groups in total. The van der Waals surface area contributed by atoms with Gasteiger partial charge in [-0.05, 0) is 99.6 Å². The highest BCUT2D eigenvalue weighted by molar-refractivity contribution is 6.65. The van der Waals surface area contributed by atoms with E-state index in [1.807, 2.05) is 20.0 Å². The second-order valence-electron chi connectivity index (χ2n) is 14.4. The Morgan fingerprint density at radius 1 is 0.957 bits per heavy atom. The van der Waals surface area contributed by atoms with Crippen molar-refractivity contribution < 1.29 is 14.1 Å². The summed E-state index contributed by atoms with van der Waals surface area (Å²) in [6.45, 7) is 17.5. The Morgan fingerprint density at radius 2 is 1.63 bits per heavy atom. The Hall–Kier alpha value is -3.94. The first-order valence-corrected chi connectivity index (χ1v) is 16.6. The van der Waals surface area contributed by atoms with Crippen LogP contribution in [-0.2, 0) is 14.1 Å². The predicted molar refractivity (Wildman–Crippen MR) is 187 cm³/mol. The number of likely N-dealkylation sites (tertiary alicyclic amines) is 1. The number of imidazole rings is 1. The van der Waals surface area contributed by atoms with Crippen molar-refractivity contribution in [2.24, 2.45) is 5.92 Å². The lowest BCUT2D eigenvalue weighted by molar-refractivity contribution is -0.116. The Balaban J connectivity index is 1.14. The average Bonchev–Trinajstić information content (AvgIpc) is 3.76. The number of H-pyrrole nitrogens is 1. The number of nitrogens with one attached hydrogen (secondary N) is 1. The predicted octanol–water partition coefficient (Wildman–Crippen LogP) is 8.16. The highest BCUT2D eigenvalue weighted by Gasteiger charge is 2.52. The van der Waals surface area contributed by atoms with Gasteiger partial charge in [-0.15, -0.1) is 0 Å². The molecule has 3 aliphatic rings. The molecule has 0 amide bonds. The van der Waals surface area contributed by atoms with Gasteiger partial charge in [-0.2, -0.15) is 0 Å². The summed E-state index contributed by atoms with van der Waals surface area (Å²) in [5, 5.41) is 2.31. The van der Waals surface area contributed by atoms with E-state index >= 15 is 0 Å². The maximum Gasteiger partial charge on any atom is 0.495 e. The van der Waals surface area contributed by atoms with Gasteiger partial charge in [0.1, 0.15) is 5.82 Å². The summed E-state index contributed by atoms with van der Waals surface area (Å²) in [5.41, 5.74) is 7.85. The van der Waals surface area contributed by atoms with Gasteiger partial charge in [-0.3, -0.25) is 4.79 Å². The van der Waals surface area contributed by atoms with Crippen LogP contribution in [0.3, 0.4) is 0 Å². The van der Waals surface area contributed by atoms with Crippen molar-refractivity contribution in [3.63, 3.8) is 0 Å². The van der Waals surface area contributed by atoms with Gasteiger partial charge in [-0.25, -0.2) is 4.98 Å². The maximum atomic E-state index is 12.9. The van der Waals surface area contributed by atoms with E-state index in [9.17, 15) is 4.79 Å². The van der Waals surface area contributed by atoms with Gasteiger partial charge in [0.2, 0.25) is 0 Å². The van der Waals surface area contributed by atoms with E-state index in [0.717, 1.165) is 70.4 Å². The minimum atomic E-state index is -0.414. The molecule has 0 saturated carbocycles. The van der Waals surface area contributed by atoms with Crippen LogP contribution in [0.25, 0.3) is 33.2 Å². The molecule has 2 aliphatic heterocycles. The molecule has 2 saturated heterocycles. The number of fused-ring (bicyclic) bond motifs is 1. The normalized spacial score (nSPS) is 22.7. The number of carbonyl (C=O) groups excluding carboxylic acids is 1. The summed E-state index contributed by atoms with van der Waals surface area (Å²) in [6, 6.07) is 21.7. The maximum absolute atomic E-state index is 12.9. The number of aromatic amines is 1. The van der Waals surface area contributed by atoms with Crippen LogP contribution in [0.2, 0.25) is 0 Å². The largest absolute Gasteiger partial charge is 0.495 e. The van der Waals surface area contributed by atoms with Gasteiger partial charge in [-0.1, -0.05) is 72.8 Å². The molecule has 236 valence electrons. The zero-order valence-corrected chi connectivity index (χ0v) is 27.9. The zero-order chi connectivity index (χ0) is 32.4. The number of benzene rings is 3. The molecule has 3 aromatic carbocycles. The molecule has 6 nitrogen and oxygen atoms in total. The van der Waals surface area contributed by atoms with Crippen molar-refractivity contribution in [1.29, 1.82) is 0 Å². The molecule has 4 aromatic rings. The molecule has 7 heteroatoms. The van der Waals surface area contributed by atoms with E-state index in [4.69, 9.17) is 14.3 Å². The van der Waals surface area contributed by atoms with Crippen LogP contribution >= 0.6 is 0 Å². The molecule has 7 rings (SSSR count). The van der Waals surface area contributed by atoms with Crippen LogP contribution in [0.5, 0.6) is 0 Å². The summed E-state index contributed by atoms with van der Waals surface area (Å²) in [7, 11) is -0.414. The summed E-state index contributed by atoms with van der Waals surface area (Å²) in [5.74, 6) is 1.43. The SMILES string of the molecule is C=C(C)C1CC(=O)C(C)=C(N2CCCC2c2ncc(-c3ccc(-c4cccc5c(B6OC(C)(C)C(C)(C)O6)cccc45)cc3)[nH]2)C1. The number of aromatic nitrogens is 2. The Morgan fingerprint density at radius 3 is 2.35 bits per heavy atom. The molecule has 0 spiro atoms. The van der Waals surface area contributed by atoms with Crippen LogP contribution in [0.15, 0.2) is 90.3 Å². The van der Waals surface area contributed by atoms with Gasteiger partial charge >= 0.3 is 7.12 Å². The average molecular weight is 614 g/mol. The number of ketones is 1. The Labute approximate surface area is 273 Å². The fraction of sp³-hybridized carbons (Fsp3) is 0.385. The number of hydrogen-bond donors (Lipinski definition) is 1. The number of carbonyl (C=O) groups is 1. The van der Waals surface area contributed by atoms with Crippen LogP contribution in [0.1, 0.15) is 79.1 Å². The third kappa shape index (κ3) is 5.24. The number of Topliss-reactive ketones (excluding diaryl/α,β-unsaturated/α-hetero) is 1. The lowest BCUT2D eigenvalue weighted by Crippen LogP contribution is -2.41. The van der Waals surface area contributed by atoms with Gasteiger partial charge in [0.15, 0.2) is 5.78 Å². The molecule has 0 radical (unpaired) electrons. The lowest BCUT2D eigenvalue weighted by Gasteiger charge is -2.35. The minimum absolute atomic E-state index is 0.142. The van der Waals surface area contributed by atoms with Crippen LogP contribution in [0, 0.1) is 5.92 Å². The second kappa shape index (κ2) is 11.4. The number of nitrogens with zero attached hydrogens (tertiary/aromatic N) is 2. The van der Waals surface area contributed by atoms with Crippen molar-refractivity contribution in [2.75, 3.05) is 6.54 Å². The first-order valence-electron chi connectivity index (χ1n) is 16.6. The first kappa shape index (κ1) is 30.7. The van der Waals surface area contributed by atoms with Crippen molar-refractivity contribution in [3.05, 3.63) is 96.1 Å². The summed E-state index contributed by atoms with van der Waals surface area (Å²) in [4.78, 5) is 23.8. The third-order valence-electron chi connectivity index (χ3n) is 10.9. The summed E-state index contributed by atoms with van der Waals surface area (Å²) in [6.07, 6.45) is 5.50. The van der Waals surface area contributed by atoms with Crippen molar-refractivity contribution >= 4 is 29.1 Å². The second-order valence-corrected chi connectivity index (χ2v) is 14.4. The van der Waals surface area contributed by atoms with Crippen molar-refractivity contribution in [1.82, 2.24) is 14.9 Å². The molecule has 0 bridgehead atoms. The Bertz CT molecular complexity index is 1850. The number of hydrogen-bond acceptors (Lipinski definition) is 5. The van der Waals surface area contributed by atoms with E-state index < -0.39 is 18.3 Å². The Kier molecular flexibility index (Phi) is 7.60. The van der Waals surface area contributed by atoms with E-state index in [0.29, 0.717) is 6.42 Å². The molecule has 1 aliphatic carbocycles. The van der Waals surface area contributed by atoms with Gasteiger partial charge in [0.25, 0.3) is 0 Å². The van der Waals surface area contributed by atoms with E-state index in [1.54, 1.807) is 0 Å². The van der Waals surface area contributed by atoms with Gasteiger partial charge in [0.05, 0.1) is 29.1 Å². The monoisotopic (exact) mass is 613 g/mol. The third-order valence-corrected chi connectivity index (χ3v) is 10.9. The fourth-order valence-electron chi connectivity index (χ4n) is 7.30. The van der Waals surface area contributed by atoms with E-state index in [1.165, 1.54) is 16.6 Å². The highest BCUT2D eigenvalue weighted by Crippen LogP contribution is 2.42. The molecule has 2 unspecified atom stereocenters. The zero-order valence-electron chi connectivity index (χ0n) is 27.9. The summed E-state index contributed by atoms with van der Waals surface area (Å²) >= 11 is 0. The molecule has 2 atom stereocenters. The van der Waals surface area contributed by atoms with Crippen molar-refractivity contribution in [2.45, 2.75) is 84.5 Å². The fourth-order valence-corrected chi connectivity index (χ4v) is 7.30. The van der Waals surface area contributed by atoms with Gasteiger partial charge in [0, 0.05) is 24.2 Å². The van der Waals surface area contributed by atoms with Crippen molar-refractivity contribution in [3.8, 4) is 22.4 Å². The smallest absolute Gasteiger partial charge is 0.399 e. The van der Waals surface area contributed by atoms with E-state index in [-0.39, 0.29) is 17.7 Å². The molecule has 3 heterocycles. The summed E-state index contributed by atoms with van der Waals surface area (Å²) < 4.78 is 12.8. The topological polar surface area (TPSA) is 67.5 Å². The molecule has 2 fully saturated rings. The van der Waals surface area contributed by atoms with E-state index in [2.05, 4.69) is 105 Å². The molecule has 46 heavy (non-hydrogen) atoms. The number of allylic oxidation sites excluding steroid dienone is 3. The first-order chi connectivity index (χ1) is 21.9.